The molecule has 19 heavy (non-hydrogen) atoms. The molecule has 3 N–H and O–H groups in total. The lowest BCUT2D eigenvalue weighted by Gasteiger charge is -2.24. The number of amides is 1. The maximum absolute atomic E-state index is 12.1. The van der Waals surface area contributed by atoms with Crippen LogP contribution in [0.2, 0.25) is 0 Å². The van der Waals surface area contributed by atoms with Crippen LogP contribution in [-0.4, -0.2) is 39.1 Å². The molecule has 102 valence electrons. The molecule has 1 saturated heterocycles. The molecular weight excluding hydrogens is 266 g/mol. The van der Waals surface area contributed by atoms with Crippen molar-refractivity contribution in [2.75, 3.05) is 11.5 Å². The first kappa shape index (κ1) is 13.7. The Balaban J connectivity index is 2.20. The van der Waals surface area contributed by atoms with Crippen molar-refractivity contribution in [1.82, 2.24) is 5.32 Å². The second kappa shape index (κ2) is 5.13. The molecule has 1 aromatic rings. The topological polar surface area (TPSA) is 86.6 Å². The van der Waals surface area contributed by atoms with Crippen molar-refractivity contribution < 1.29 is 19.8 Å². The molecule has 6 heteroatoms. The maximum atomic E-state index is 12.1. The van der Waals surface area contributed by atoms with E-state index in [-0.39, 0.29) is 11.3 Å². The summed E-state index contributed by atoms with van der Waals surface area (Å²) in [5.74, 6) is -0.377. The molecule has 0 aromatic heterocycles. The van der Waals surface area contributed by atoms with Crippen molar-refractivity contribution in [2.45, 2.75) is 18.9 Å². The van der Waals surface area contributed by atoms with E-state index in [0.717, 1.165) is 0 Å². The third kappa shape index (κ3) is 2.68. The molecule has 0 spiro atoms. The summed E-state index contributed by atoms with van der Waals surface area (Å²) >= 11 is 1.51. The van der Waals surface area contributed by atoms with Crippen LogP contribution < -0.4 is 5.32 Å². The zero-order valence-corrected chi connectivity index (χ0v) is 11.3. The number of thioether (sulfide) groups is 1. The lowest BCUT2D eigenvalue weighted by atomic mass is 9.98. The minimum atomic E-state index is -1.19. The van der Waals surface area contributed by atoms with E-state index in [2.05, 4.69) is 5.32 Å². The van der Waals surface area contributed by atoms with Crippen LogP contribution in [0.4, 0.5) is 0 Å². The predicted octanol–water partition coefficient (Wildman–Crippen LogP) is 1.39. The number of aliphatic carboxylic acids is 1. The summed E-state index contributed by atoms with van der Waals surface area (Å²) in [7, 11) is 0. The van der Waals surface area contributed by atoms with Crippen molar-refractivity contribution in [3.05, 3.63) is 29.3 Å². The number of carboxylic acids is 1. The Hall–Kier alpha value is -1.69. The Kier molecular flexibility index (Phi) is 3.71. The second-order valence-electron chi connectivity index (χ2n) is 4.65. The Bertz CT molecular complexity index is 523. The first-order valence-electron chi connectivity index (χ1n) is 5.88. The van der Waals surface area contributed by atoms with Gasteiger partial charge in [-0.3, -0.25) is 4.79 Å². The summed E-state index contributed by atoms with van der Waals surface area (Å²) in [5, 5.41) is 21.4. The van der Waals surface area contributed by atoms with Gasteiger partial charge in [-0.25, -0.2) is 4.79 Å². The number of hydrogen-bond acceptors (Lipinski definition) is 4. The van der Waals surface area contributed by atoms with Gasteiger partial charge in [-0.15, -0.1) is 0 Å². The van der Waals surface area contributed by atoms with Crippen LogP contribution in [0.25, 0.3) is 0 Å². The number of hydrogen-bond donors (Lipinski definition) is 3. The molecule has 1 heterocycles. The van der Waals surface area contributed by atoms with E-state index in [0.29, 0.717) is 23.5 Å². The molecule has 0 saturated carbocycles. The molecule has 5 nitrogen and oxygen atoms in total. The Morgan fingerprint density at radius 2 is 2.16 bits per heavy atom. The Morgan fingerprint density at radius 3 is 2.68 bits per heavy atom. The standard InChI is InChI=1S/C13H15NO4S/c1-8-2-3-9(6-10(8)15)11(16)14-13(12(17)18)4-5-19-7-13/h2-3,6,15H,4-5,7H2,1H3,(H,14,16)(H,17,18). The minimum Gasteiger partial charge on any atom is -0.508 e. The van der Waals surface area contributed by atoms with Crippen LogP contribution >= 0.6 is 11.8 Å². The summed E-state index contributed by atoms with van der Waals surface area (Å²) in [5.41, 5.74) is -0.260. The molecule has 0 bridgehead atoms. The molecule has 1 unspecified atom stereocenters. The first-order chi connectivity index (χ1) is 8.94. The van der Waals surface area contributed by atoms with Gasteiger partial charge < -0.3 is 15.5 Å². The van der Waals surface area contributed by atoms with Gasteiger partial charge in [-0.05, 0) is 36.8 Å². The predicted molar refractivity (Wildman–Crippen MR) is 72.6 cm³/mol. The summed E-state index contributed by atoms with van der Waals surface area (Å²) < 4.78 is 0. The summed E-state index contributed by atoms with van der Waals surface area (Å²) in [6.07, 6.45) is 0.413. The van der Waals surface area contributed by atoms with Crippen LogP contribution in [0.1, 0.15) is 22.3 Å². The van der Waals surface area contributed by atoms with Crippen LogP contribution in [0, 0.1) is 6.92 Å². The number of phenols is 1. The zero-order valence-electron chi connectivity index (χ0n) is 10.5. The van der Waals surface area contributed by atoms with E-state index < -0.39 is 17.4 Å². The van der Waals surface area contributed by atoms with Crippen molar-refractivity contribution in [1.29, 1.82) is 0 Å². The first-order valence-corrected chi connectivity index (χ1v) is 7.03. The molecule has 2 rings (SSSR count). The fourth-order valence-corrected chi connectivity index (χ4v) is 3.25. The number of rotatable bonds is 3. The van der Waals surface area contributed by atoms with Crippen LogP contribution in [0.5, 0.6) is 5.75 Å². The highest BCUT2D eigenvalue weighted by molar-refractivity contribution is 7.99. The van der Waals surface area contributed by atoms with Crippen molar-refractivity contribution >= 4 is 23.6 Å². The molecule has 0 aliphatic carbocycles. The van der Waals surface area contributed by atoms with Gasteiger partial charge >= 0.3 is 5.97 Å². The minimum absolute atomic E-state index is 0.0258. The Morgan fingerprint density at radius 1 is 1.42 bits per heavy atom. The number of aromatic hydroxyl groups is 1. The van der Waals surface area contributed by atoms with Crippen LogP contribution in [-0.2, 0) is 4.79 Å². The highest BCUT2D eigenvalue weighted by Crippen LogP contribution is 2.29. The highest BCUT2D eigenvalue weighted by atomic mass is 32.2. The molecule has 1 aliphatic heterocycles. The van der Waals surface area contributed by atoms with E-state index in [9.17, 15) is 19.8 Å². The number of benzene rings is 1. The molecule has 1 amide bonds. The second-order valence-corrected chi connectivity index (χ2v) is 5.75. The van der Waals surface area contributed by atoms with Gasteiger partial charge in [0, 0.05) is 11.3 Å². The van der Waals surface area contributed by atoms with Crippen LogP contribution in [0.15, 0.2) is 18.2 Å². The van der Waals surface area contributed by atoms with Gasteiger partial charge in [0.05, 0.1) is 0 Å². The van der Waals surface area contributed by atoms with Gasteiger partial charge in [-0.2, -0.15) is 11.8 Å². The average Bonchev–Trinajstić information content (AvgIpc) is 2.82. The summed E-state index contributed by atoms with van der Waals surface area (Å²) in [4.78, 5) is 23.4. The number of carboxylic acid groups (broad SMARTS) is 1. The third-order valence-electron chi connectivity index (χ3n) is 3.26. The van der Waals surface area contributed by atoms with Crippen molar-refractivity contribution in [3.8, 4) is 5.75 Å². The number of phenolic OH excluding ortho intramolecular Hbond substituents is 1. The highest BCUT2D eigenvalue weighted by Gasteiger charge is 2.43. The molecule has 1 aliphatic rings. The molecule has 0 radical (unpaired) electrons. The van der Waals surface area contributed by atoms with Gasteiger partial charge in [0.1, 0.15) is 11.3 Å². The lowest BCUT2D eigenvalue weighted by molar-refractivity contribution is -0.143. The van der Waals surface area contributed by atoms with Gasteiger partial charge in [0.2, 0.25) is 0 Å². The third-order valence-corrected chi connectivity index (χ3v) is 4.44. The zero-order chi connectivity index (χ0) is 14.0. The monoisotopic (exact) mass is 281 g/mol. The average molecular weight is 281 g/mol. The smallest absolute Gasteiger partial charge is 0.330 e. The van der Waals surface area contributed by atoms with E-state index >= 15 is 0 Å². The molecule has 1 atom stereocenters. The summed E-state index contributed by atoms with van der Waals surface area (Å²) in [6, 6.07) is 4.55. The van der Waals surface area contributed by atoms with Gasteiger partial charge in [-0.1, -0.05) is 6.07 Å². The number of carbonyl (C=O) groups excluding carboxylic acids is 1. The molecule has 1 aromatic carbocycles. The SMILES string of the molecule is Cc1ccc(C(=O)NC2(C(=O)O)CCSC2)cc1O. The normalized spacial score (nSPS) is 22.2. The lowest BCUT2D eigenvalue weighted by Crippen LogP contribution is -2.54. The number of nitrogens with one attached hydrogen (secondary N) is 1. The van der Waals surface area contributed by atoms with Crippen molar-refractivity contribution in [3.63, 3.8) is 0 Å². The van der Waals surface area contributed by atoms with E-state index in [1.54, 1.807) is 19.1 Å². The maximum Gasteiger partial charge on any atom is 0.330 e. The van der Waals surface area contributed by atoms with Crippen LogP contribution in [0.3, 0.4) is 0 Å². The Labute approximate surface area is 115 Å². The fraction of sp³-hybridized carbons (Fsp3) is 0.385. The van der Waals surface area contributed by atoms with E-state index in [4.69, 9.17) is 0 Å². The number of aryl methyl sites for hydroxylation is 1. The fourth-order valence-electron chi connectivity index (χ4n) is 1.93. The molecule has 1 fully saturated rings. The van der Waals surface area contributed by atoms with Gasteiger partial charge in [0.25, 0.3) is 5.91 Å². The van der Waals surface area contributed by atoms with E-state index in [1.807, 2.05) is 0 Å². The largest absolute Gasteiger partial charge is 0.508 e. The van der Waals surface area contributed by atoms with Gasteiger partial charge in [0.15, 0.2) is 0 Å². The summed E-state index contributed by atoms with van der Waals surface area (Å²) in [6.45, 7) is 1.73. The quantitative estimate of drug-likeness (QED) is 0.779. The number of carbonyl (C=O) groups is 2. The molecular formula is C13H15NO4S. The van der Waals surface area contributed by atoms with Crippen molar-refractivity contribution in [2.24, 2.45) is 0 Å². The van der Waals surface area contributed by atoms with E-state index in [1.165, 1.54) is 17.8 Å².